The SMILES string of the molecule is Fc1cccc(F)c1C=NNc1ccc(-c2cc(-c3ncco3)ccc2Cl)cc1. The average Bonchev–Trinajstić information content (AvgIpc) is 3.26. The molecule has 1 N–H and O–H groups in total. The second kappa shape index (κ2) is 8.24. The minimum absolute atomic E-state index is 0.202. The third kappa shape index (κ3) is 4.17. The number of nitrogens with zero attached hydrogens (tertiary/aromatic N) is 2. The molecule has 0 bridgehead atoms. The van der Waals surface area contributed by atoms with Gasteiger partial charge in [0.25, 0.3) is 0 Å². The van der Waals surface area contributed by atoms with Crippen molar-refractivity contribution in [1.29, 1.82) is 0 Å². The van der Waals surface area contributed by atoms with Gasteiger partial charge >= 0.3 is 0 Å². The molecule has 0 aliphatic heterocycles. The van der Waals surface area contributed by atoms with Crippen LogP contribution in [0.4, 0.5) is 14.5 Å². The first-order chi connectivity index (χ1) is 14.1. The standard InChI is InChI=1S/C22H14ClF2N3O/c23-19-9-6-15(22-26-10-11-29-22)12-17(19)14-4-7-16(8-5-14)28-27-13-18-20(24)2-1-3-21(18)25/h1-13,28H. The molecule has 4 aromatic rings. The number of benzene rings is 3. The summed E-state index contributed by atoms with van der Waals surface area (Å²) in [6.07, 6.45) is 4.20. The lowest BCUT2D eigenvalue weighted by atomic mass is 10.0. The molecular formula is C22H14ClF2N3O. The van der Waals surface area contributed by atoms with Gasteiger partial charge < -0.3 is 4.42 Å². The fourth-order valence-electron chi connectivity index (χ4n) is 2.78. The van der Waals surface area contributed by atoms with E-state index in [0.717, 1.165) is 22.9 Å². The Morgan fingerprint density at radius 1 is 0.966 bits per heavy atom. The first kappa shape index (κ1) is 18.8. The van der Waals surface area contributed by atoms with Gasteiger partial charge in [0.15, 0.2) is 0 Å². The normalized spacial score (nSPS) is 11.1. The van der Waals surface area contributed by atoms with Gasteiger partial charge in [0.2, 0.25) is 5.89 Å². The summed E-state index contributed by atoms with van der Waals surface area (Å²) in [5.41, 5.74) is 5.73. The molecule has 0 unspecified atom stereocenters. The van der Waals surface area contributed by atoms with E-state index in [1.807, 2.05) is 24.3 Å². The number of hydrazone groups is 1. The number of hydrogen-bond acceptors (Lipinski definition) is 4. The summed E-state index contributed by atoms with van der Waals surface area (Å²) < 4.78 is 32.5. The van der Waals surface area contributed by atoms with Gasteiger partial charge in [-0.3, -0.25) is 5.43 Å². The van der Waals surface area contributed by atoms with Crippen molar-refractivity contribution in [3.05, 3.63) is 95.3 Å². The predicted molar refractivity (Wildman–Crippen MR) is 110 cm³/mol. The maximum atomic E-state index is 13.6. The first-order valence-electron chi connectivity index (χ1n) is 8.65. The molecule has 29 heavy (non-hydrogen) atoms. The zero-order chi connectivity index (χ0) is 20.2. The van der Waals surface area contributed by atoms with Crippen molar-refractivity contribution in [2.75, 3.05) is 5.43 Å². The highest BCUT2D eigenvalue weighted by Gasteiger charge is 2.09. The lowest BCUT2D eigenvalue weighted by Gasteiger charge is -2.08. The van der Waals surface area contributed by atoms with E-state index in [4.69, 9.17) is 16.0 Å². The summed E-state index contributed by atoms with van der Waals surface area (Å²) in [6, 6.07) is 16.5. The van der Waals surface area contributed by atoms with E-state index in [2.05, 4.69) is 15.5 Å². The van der Waals surface area contributed by atoms with Crippen LogP contribution in [0.15, 0.2) is 82.6 Å². The molecule has 0 saturated heterocycles. The van der Waals surface area contributed by atoms with Crippen LogP contribution >= 0.6 is 11.6 Å². The van der Waals surface area contributed by atoms with Crippen LogP contribution in [0.2, 0.25) is 5.02 Å². The summed E-state index contributed by atoms with van der Waals surface area (Å²) in [4.78, 5) is 4.15. The Hall–Kier alpha value is -3.51. The molecule has 0 atom stereocenters. The molecule has 0 fully saturated rings. The van der Waals surface area contributed by atoms with Crippen molar-refractivity contribution in [3.63, 3.8) is 0 Å². The van der Waals surface area contributed by atoms with Gasteiger partial charge in [-0.25, -0.2) is 13.8 Å². The van der Waals surface area contributed by atoms with Gasteiger partial charge in [0.05, 0.1) is 23.7 Å². The molecule has 0 spiro atoms. The molecular weight excluding hydrogens is 396 g/mol. The lowest BCUT2D eigenvalue weighted by Crippen LogP contribution is -1.96. The van der Waals surface area contributed by atoms with E-state index in [1.165, 1.54) is 24.5 Å². The molecule has 4 rings (SSSR count). The van der Waals surface area contributed by atoms with E-state index in [9.17, 15) is 8.78 Å². The highest BCUT2D eigenvalue weighted by Crippen LogP contribution is 2.32. The van der Waals surface area contributed by atoms with E-state index in [1.54, 1.807) is 24.4 Å². The fraction of sp³-hybridized carbons (Fsp3) is 0. The van der Waals surface area contributed by atoms with Crippen molar-refractivity contribution in [3.8, 4) is 22.6 Å². The highest BCUT2D eigenvalue weighted by atomic mass is 35.5. The van der Waals surface area contributed by atoms with Crippen LogP contribution in [-0.4, -0.2) is 11.2 Å². The predicted octanol–water partition coefficient (Wildman–Crippen LogP) is 6.39. The molecule has 1 aromatic heterocycles. The number of nitrogens with one attached hydrogen (secondary N) is 1. The van der Waals surface area contributed by atoms with Crippen molar-refractivity contribution < 1.29 is 13.2 Å². The van der Waals surface area contributed by atoms with Gasteiger partial charge in [0.1, 0.15) is 17.9 Å². The Kier molecular flexibility index (Phi) is 5.35. The minimum atomic E-state index is -0.675. The third-order valence-electron chi connectivity index (χ3n) is 4.23. The lowest BCUT2D eigenvalue weighted by molar-refractivity contribution is 0.574. The van der Waals surface area contributed by atoms with Crippen LogP contribution in [0.25, 0.3) is 22.6 Å². The Bertz CT molecular complexity index is 1140. The highest BCUT2D eigenvalue weighted by molar-refractivity contribution is 6.33. The van der Waals surface area contributed by atoms with Crippen LogP contribution < -0.4 is 5.43 Å². The van der Waals surface area contributed by atoms with Crippen molar-refractivity contribution in [1.82, 2.24) is 4.98 Å². The fourth-order valence-corrected chi connectivity index (χ4v) is 3.00. The molecule has 0 aliphatic carbocycles. The van der Waals surface area contributed by atoms with Crippen LogP contribution in [0.1, 0.15) is 5.56 Å². The zero-order valence-electron chi connectivity index (χ0n) is 14.9. The van der Waals surface area contributed by atoms with E-state index in [-0.39, 0.29) is 5.56 Å². The molecule has 0 aliphatic rings. The van der Waals surface area contributed by atoms with Gasteiger partial charge in [0, 0.05) is 16.1 Å². The van der Waals surface area contributed by atoms with Crippen molar-refractivity contribution in [2.45, 2.75) is 0 Å². The number of anilines is 1. The summed E-state index contributed by atoms with van der Waals surface area (Å²) in [6.45, 7) is 0. The number of oxazole rings is 1. The number of rotatable bonds is 5. The maximum Gasteiger partial charge on any atom is 0.225 e. The zero-order valence-corrected chi connectivity index (χ0v) is 15.7. The maximum absolute atomic E-state index is 13.6. The third-order valence-corrected chi connectivity index (χ3v) is 4.56. The smallest absolute Gasteiger partial charge is 0.225 e. The number of aromatic nitrogens is 1. The van der Waals surface area contributed by atoms with E-state index in [0.29, 0.717) is 16.6 Å². The molecule has 144 valence electrons. The largest absolute Gasteiger partial charge is 0.445 e. The molecule has 0 amide bonds. The number of halogens is 3. The molecule has 3 aromatic carbocycles. The monoisotopic (exact) mass is 409 g/mol. The molecule has 0 saturated carbocycles. The Morgan fingerprint density at radius 3 is 2.38 bits per heavy atom. The summed E-state index contributed by atoms with van der Waals surface area (Å²) >= 11 is 6.35. The van der Waals surface area contributed by atoms with Crippen molar-refractivity contribution in [2.24, 2.45) is 5.10 Å². The minimum Gasteiger partial charge on any atom is -0.445 e. The Balaban J connectivity index is 1.53. The van der Waals surface area contributed by atoms with Gasteiger partial charge in [-0.2, -0.15) is 5.10 Å². The van der Waals surface area contributed by atoms with Crippen LogP contribution in [0.3, 0.4) is 0 Å². The van der Waals surface area contributed by atoms with Crippen molar-refractivity contribution >= 4 is 23.5 Å². The second-order valence-electron chi connectivity index (χ2n) is 6.11. The first-order valence-corrected chi connectivity index (χ1v) is 9.02. The quantitative estimate of drug-likeness (QED) is 0.307. The van der Waals surface area contributed by atoms with Crippen LogP contribution in [-0.2, 0) is 0 Å². The molecule has 4 nitrogen and oxygen atoms in total. The average molecular weight is 410 g/mol. The van der Waals surface area contributed by atoms with Gasteiger partial charge in [-0.05, 0) is 48.0 Å². The Labute approximate surface area is 170 Å². The summed E-state index contributed by atoms with van der Waals surface area (Å²) in [7, 11) is 0. The van der Waals surface area contributed by atoms with E-state index < -0.39 is 11.6 Å². The molecule has 1 heterocycles. The molecule has 7 heteroatoms. The number of hydrogen-bond donors (Lipinski definition) is 1. The summed E-state index contributed by atoms with van der Waals surface area (Å²) in [5, 5.41) is 4.49. The van der Waals surface area contributed by atoms with Gasteiger partial charge in [-0.1, -0.05) is 29.8 Å². The van der Waals surface area contributed by atoms with Gasteiger partial charge in [-0.15, -0.1) is 0 Å². The second-order valence-corrected chi connectivity index (χ2v) is 6.52. The molecule has 0 radical (unpaired) electrons. The van der Waals surface area contributed by atoms with Crippen LogP contribution in [0.5, 0.6) is 0 Å². The van der Waals surface area contributed by atoms with E-state index >= 15 is 0 Å². The topological polar surface area (TPSA) is 50.4 Å². The Morgan fingerprint density at radius 2 is 1.69 bits per heavy atom. The van der Waals surface area contributed by atoms with Crippen LogP contribution in [0, 0.1) is 11.6 Å². The summed E-state index contributed by atoms with van der Waals surface area (Å²) in [5.74, 6) is -0.839.